The van der Waals surface area contributed by atoms with Crippen molar-refractivity contribution in [3.8, 4) is 0 Å². The van der Waals surface area contributed by atoms with Crippen LogP contribution in [0.5, 0.6) is 0 Å². The first kappa shape index (κ1) is 19.1. The van der Waals surface area contributed by atoms with Crippen molar-refractivity contribution in [1.29, 1.82) is 0 Å². The molecule has 0 radical (unpaired) electrons. The smallest absolute Gasteiger partial charge is 0.377 e. The van der Waals surface area contributed by atoms with Gasteiger partial charge < -0.3 is 13.3 Å². The second kappa shape index (κ2) is 8.40. The lowest BCUT2D eigenvalue weighted by atomic mass is 10.0. The SMILES string of the molecule is CCC(CC)[Si](OC)(OC(C)C)OC(C)(CC)CC. The normalized spacial score (nSPS) is 16.1. The maximum Gasteiger partial charge on any atom is 0.504 e. The summed E-state index contributed by atoms with van der Waals surface area (Å²) < 4.78 is 18.6. The fraction of sp³-hybridized carbons (Fsp3) is 1.00. The van der Waals surface area contributed by atoms with Crippen molar-refractivity contribution < 1.29 is 13.3 Å². The van der Waals surface area contributed by atoms with Crippen LogP contribution in [0.2, 0.25) is 5.54 Å². The van der Waals surface area contributed by atoms with Gasteiger partial charge in [0.15, 0.2) is 0 Å². The molecule has 0 bridgehead atoms. The quantitative estimate of drug-likeness (QED) is 0.542. The Kier molecular flexibility index (Phi) is 8.44. The van der Waals surface area contributed by atoms with E-state index < -0.39 is 8.80 Å². The highest BCUT2D eigenvalue weighted by atomic mass is 28.4. The highest BCUT2D eigenvalue weighted by molar-refractivity contribution is 6.62. The topological polar surface area (TPSA) is 27.7 Å². The Labute approximate surface area is 121 Å². The van der Waals surface area contributed by atoms with Crippen molar-refractivity contribution in [3.05, 3.63) is 0 Å². The number of hydrogen-bond acceptors (Lipinski definition) is 3. The van der Waals surface area contributed by atoms with Gasteiger partial charge in [-0.1, -0.05) is 27.7 Å². The Bertz CT molecular complexity index is 238. The summed E-state index contributed by atoms with van der Waals surface area (Å²) in [5.41, 5.74) is 0.219. The molecule has 0 heterocycles. The van der Waals surface area contributed by atoms with Gasteiger partial charge in [0.25, 0.3) is 0 Å². The molecular formula is C15H34O3Si. The lowest BCUT2D eigenvalue weighted by molar-refractivity contribution is -0.0369. The monoisotopic (exact) mass is 290 g/mol. The summed E-state index contributed by atoms with van der Waals surface area (Å²) in [7, 11) is -0.891. The molecule has 0 amide bonds. The molecule has 4 heteroatoms. The maximum atomic E-state index is 6.52. The van der Waals surface area contributed by atoms with Gasteiger partial charge in [0.2, 0.25) is 0 Å². The van der Waals surface area contributed by atoms with Crippen molar-refractivity contribution in [3.63, 3.8) is 0 Å². The molecular weight excluding hydrogens is 256 g/mol. The van der Waals surface area contributed by atoms with Crippen molar-refractivity contribution in [2.45, 2.75) is 91.4 Å². The fourth-order valence-electron chi connectivity index (χ4n) is 2.32. The Balaban J connectivity index is 5.33. The molecule has 19 heavy (non-hydrogen) atoms. The molecule has 0 rings (SSSR count). The highest BCUT2D eigenvalue weighted by Gasteiger charge is 2.51. The molecule has 0 aromatic carbocycles. The van der Waals surface area contributed by atoms with Crippen LogP contribution < -0.4 is 0 Å². The van der Waals surface area contributed by atoms with Crippen molar-refractivity contribution in [2.75, 3.05) is 7.11 Å². The first-order valence-electron chi connectivity index (χ1n) is 7.76. The average molecular weight is 291 g/mol. The van der Waals surface area contributed by atoms with Gasteiger partial charge in [0.05, 0.1) is 5.60 Å². The van der Waals surface area contributed by atoms with Crippen LogP contribution in [-0.4, -0.2) is 27.6 Å². The van der Waals surface area contributed by atoms with E-state index >= 15 is 0 Å². The molecule has 0 fully saturated rings. The van der Waals surface area contributed by atoms with E-state index in [-0.39, 0.29) is 11.7 Å². The zero-order chi connectivity index (χ0) is 15.1. The van der Waals surface area contributed by atoms with Gasteiger partial charge in [0, 0.05) is 18.8 Å². The molecule has 1 atom stereocenters. The molecule has 0 aliphatic carbocycles. The minimum absolute atomic E-state index is 0.130. The summed E-state index contributed by atoms with van der Waals surface area (Å²) in [6, 6.07) is 0. The van der Waals surface area contributed by atoms with Crippen molar-refractivity contribution >= 4 is 8.80 Å². The molecule has 0 aliphatic heterocycles. The number of rotatable bonds is 10. The van der Waals surface area contributed by atoms with Gasteiger partial charge >= 0.3 is 8.80 Å². The molecule has 0 aromatic heterocycles. The van der Waals surface area contributed by atoms with E-state index in [2.05, 4.69) is 48.5 Å². The van der Waals surface area contributed by atoms with Crippen molar-refractivity contribution in [2.24, 2.45) is 0 Å². The van der Waals surface area contributed by atoms with Crippen LogP contribution in [0, 0.1) is 0 Å². The Morgan fingerprint density at radius 2 is 1.47 bits per heavy atom. The second-order valence-electron chi connectivity index (χ2n) is 5.75. The predicted molar refractivity (Wildman–Crippen MR) is 83.4 cm³/mol. The minimum Gasteiger partial charge on any atom is -0.377 e. The lowest BCUT2D eigenvalue weighted by Crippen LogP contribution is -2.55. The second-order valence-corrected chi connectivity index (χ2v) is 8.62. The summed E-state index contributed by atoms with van der Waals surface area (Å²) >= 11 is 0. The van der Waals surface area contributed by atoms with E-state index in [1.807, 2.05) is 0 Å². The third-order valence-electron chi connectivity index (χ3n) is 4.05. The lowest BCUT2D eigenvalue weighted by Gasteiger charge is -2.42. The van der Waals surface area contributed by atoms with Gasteiger partial charge in [-0.2, -0.15) is 0 Å². The zero-order valence-corrected chi connectivity index (χ0v) is 15.2. The Hall–Kier alpha value is 0.0969. The largest absolute Gasteiger partial charge is 0.504 e. The standard InChI is InChI=1S/C15H34O3Si/c1-9-14(10-2)19(16-8,17-13(5)6)18-15(7,11-3)12-4/h13-14H,9-12H2,1-8H3. The van der Waals surface area contributed by atoms with Crippen LogP contribution >= 0.6 is 0 Å². The molecule has 116 valence electrons. The Morgan fingerprint density at radius 1 is 1.00 bits per heavy atom. The summed E-state index contributed by atoms with van der Waals surface area (Å²) in [5, 5.41) is 0. The van der Waals surface area contributed by atoms with Crippen molar-refractivity contribution in [1.82, 2.24) is 0 Å². The summed E-state index contributed by atoms with van der Waals surface area (Å²) in [6.07, 6.45) is 4.15. The molecule has 0 saturated carbocycles. The van der Waals surface area contributed by atoms with Gasteiger partial charge in [-0.3, -0.25) is 0 Å². The summed E-state index contributed by atoms with van der Waals surface area (Å²) in [6.45, 7) is 15.0. The molecule has 0 N–H and O–H groups in total. The third-order valence-corrected chi connectivity index (χ3v) is 8.02. The first-order valence-corrected chi connectivity index (χ1v) is 9.56. The Morgan fingerprint density at radius 3 is 1.74 bits per heavy atom. The van der Waals surface area contributed by atoms with E-state index in [0.29, 0.717) is 5.54 Å². The van der Waals surface area contributed by atoms with Gasteiger partial charge in [-0.05, 0) is 46.5 Å². The van der Waals surface area contributed by atoms with E-state index in [1.54, 1.807) is 7.11 Å². The van der Waals surface area contributed by atoms with Gasteiger partial charge in [0.1, 0.15) is 0 Å². The highest BCUT2D eigenvalue weighted by Crippen LogP contribution is 2.37. The van der Waals surface area contributed by atoms with E-state index in [0.717, 1.165) is 25.7 Å². The molecule has 3 nitrogen and oxygen atoms in total. The minimum atomic E-state index is -2.64. The van der Waals surface area contributed by atoms with Crippen LogP contribution in [0.15, 0.2) is 0 Å². The first-order chi connectivity index (χ1) is 8.82. The van der Waals surface area contributed by atoms with Gasteiger partial charge in [-0.25, -0.2) is 0 Å². The summed E-state index contributed by atoms with van der Waals surface area (Å²) in [4.78, 5) is 0. The predicted octanol–water partition coefficient (Wildman–Crippen LogP) is 4.78. The molecule has 0 spiro atoms. The van der Waals surface area contributed by atoms with E-state index in [1.165, 1.54) is 0 Å². The third kappa shape index (κ3) is 5.18. The zero-order valence-electron chi connectivity index (χ0n) is 14.2. The van der Waals surface area contributed by atoms with E-state index in [9.17, 15) is 0 Å². The van der Waals surface area contributed by atoms with Gasteiger partial charge in [-0.15, -0.1) is 0 Å². The summed E-state index contributed by atoms with van der Waals surface area (Å²) in [5.74, 6) is 0. The average Bonchev–Trinajstić information content (AvgIpc) is 2.38. The molecule has 0 aromatic rings. The molecule has 0 aliphatic rings. The number of hydrogen-bond donors (Lipinski definition) is 0. The van der Waals surface area contributed by atoms with Crippen LogP contribution in [0.25, 0.3) is 0 Å². The van der Waals surface area contributed by atoms with Crippen LogP contribution in [0.4, 0.5) is 0 Å². The van der Waals surface area contributed by atoms with E-state index in [4.69, 9.17) is 13.3 Å². The van der Waals surface area contributed by atoms with Crippen LogP contribution in [0.1, 0.15) is 74.1 Å². The fourth-order valence-corrected chi connectivity index (χ4v) is 5.87. The molecule has 1 unspecified atom stereocenters. The molecule has 0 saturated heterocycles. The maximum absolute atomic E-state index is 6.52. The van der Waals surface area contributed by atoms with Crippen LogP contribution in [-0.2, 0) is 13.3 Å². The van der Waals surface area contributed by atoms with Crippen LogP contribution in [0.3, 0.4) is 0 Å².